The molecule has 1 aromatic rings. The Hall–Kier alpha value is 4.98. The van der Waals surface area contributed by atoms with Crippen LogP contribution in [0.3, 0.4) is 0 Å². The number of hydrogen-bond acceptors (Lipinski definition) is 0. The molecule has 0 nitrogen and oxygen atoms in total. The Morgan fingerprint density at radius 3 is 1.56 bits per heavy atom. The summed E-state index contributed by atoms with van der Waals surface area (Å²) in [6.45, 7) is 2.16. The van der Waals surface area contributed by atoms with Gasteiger partial charge in [-0.3, -0.25) is 0 Å². The van der Waals surface area contributed by atoms with Gasteiger partial charge >= 0.3 is 0 Å². The molecule has 0 saturated heterocycles. The van der Waals surface area contributed by atoms with Crippen LogP contribution in [-0.2, 0) is 6.42 Å². The monoisotopic (exact) mass is 1080 g/mol. The quantitative estimate of drug-likeness (QED) is 0.173. The van der Waals surface area contributed by atoms with Gasteiger partial charge in [-0.15, -0.1) is 87.2 Å². The van der Waals surface area contributed by atoms with Crippen LogP contribution in [-0.4, -0.2) is 5.49 Å². The molecule has 0 fully saturated rings. The van der Waals surface area contributed by atoms with Crippen LogP contribution in [0.25, 0.3) is 0 Å². The van der Waals surface area contributed by atoms with Crippen molar-refractivity contribution in [3.05, 3.63) is 35.9 Å². The van der Waals surface area contributed by atoms with Crippen molar-refractivity contribution in [3.8, 4) is 0 Å². The number of halogens is 7. The lowest BCUT2D eigenvalue weighted by molar-refractivity contribution is 1.14. The molecule has 0 aliphatic carbocycles. The van der Waals surface area contributed by atoms with E-state index in [9.17, 15) is 0 Å². The molecule has 0 atom stereocenters. The van der Waals surface area contributed by atoms with E-state index in [1.54, 1.807) is 0 Å². The molecule has 0 aliphatic heterocycles. The van der Waals surface area contributed by atoms with Crippen molar-refractivity contribution in [1.82, 2.24) is 0 Å². The Morgan fingerprint density at radius 2 is 1.39 bits per heavy atom. The lowest BCUT2D eigenvalue weighted by atomic mass is 10.2. The van der Waals surface area contributed by atoms with Gasteiger partial charge in [0.15, 0.2) is 3.31 Å². The molecule has 0 aliphatic rings. The van der Waals surface area contributed by atoms with Crippen molar-refractivity contribution in [2.45, 2.75) is 13.3 Å². The molecular weight excluding hydrogens is 1070 g/mol. The zero-order valence-corrected chi connectivity index (χ0v) is 27.6. The Morgan fingerprint density at radius 1 is 0.944 bits per heavy atom. The van der Waals surface area contributed by atoms with Gasteiger partial charge < -0.3 is 0 Å². The third-order valence-electron chi connectivity index (χ3n) is 1.90. The third kappa shape index (κ3) is 9.32. The lowest BCUT2D eigenvalue weighted by Crippen LogP contribution is -2.47. The van der Waals surface area contributed by atoms with Crippen LogP contribution in [0.5, 0.6) is 0 Å². The fourth-order valence-electron chi connectivity index (χ4n) is 0.837. The summed E-state index contributed by atoms with van der Waals surface area (Å²) < 4.78 is -2.12. The summed E-state index contributed by atoms with van der Waals surface area (Å²) >= 11 is 19.1. The average molecular weight is 1080 g/mol. The van der Waals surface area contributed by atoms with E-state index < -0.39 is 5.49 Å². The molecule has 0 spiro atoms. The molecule has 10 heteroatoms. The van der Waals surface area contributed by atoms with Crippen molar-refractivity contribution < 1.29 is 0 Å². The lowest BCUT2D eigenvalue weighted by Gasteiger charge is -2.25. The van der Waals surface area contributed by atoms with Crippen molar-refractivity contribution in [3.63, 3.8) is 0 Å². The first-order chi connectivity index (χ1) is 8.13. The summed E-state index contributed by atoms with van der Waals surface area (Å²) in [7, 11) is 0. The van der Waals surface area contributed by atoms with Gasteiger partial charge in [-0.25, -0.2) is 0 Å². The van der Waals surface area contributed by atoms with Crippen molar-refractivity contribution in [1.29, 1.82) is 0 Å². The molecule has 0 bridgehead atoms. The van der Waals surface area contributed by atoms with Crippen LogP contribution in [0.15, 0.2) is 30.3 Å². The minimum absolute atomic E-state index is 0.413. The SMILES string of the molecule is CCc1ccccc1.I[SiH](I)[Si](I)(I)[Si](I)(I)I. The maximum Gasteiger partial charge on any atom is 0.263 e. The van der Waals surface area contributed by atoms with Gasteiger partial charge in [-0.2, -0.15) is 0 Å². The number of benzene rings is 1. The molecule has 1 rings (SSSR count). The van der Waals surface area contributed by atoms with E-state index >= 15 is 0 Å². The first kappa shape index (κ1) is 23.0. The molecule has 18 heavy (non-hydrogen) atoms. The second-order valence-electron chi connectivity index (χ2n) is 3.26. The fourth-order valence-corrected chi connectivity index (χ4v) is 151. The molecule has 0 heterocycles. The van der Waals surface area contributed by atoms with Gasteiger partial charge in [0.2, 0.25) is 2.10 Å². The van der Waals surface area contributed by atoms with Crippen LogP contribution in [0.4, 0.5) is 0 Å². The van der Waals surface area contributed by atoms with E-state index in [2.05, 4.69) is 184 Å². The minimum Gasteiger partial charge on any atom is -0.111 e. The zero-order chi connectivity index (χ0) is 14.4. The summed E-state index contributed by atoms with van der Waals surface area (Å²) in [5.41, 5.74) is 1.41. The summed E-state index contributed by atoms with van der Waals surface area (Å²) in [6.07, 6.45) is 1.14. The Bertz CT molecular complexity index is 338. The second kappa shape index (κ2) is 11.5. The predicted octanol–water partition coefficient (Wildman–Crippen LogP) is 7.04. The highest BCUT2D eigenvalue weighted by Gasteiger charge is 2.53. The number of hydrogen-bond donors (Lipinski definition) is 0. The summed E-state index contributed by atoms with van der Waals surface area (Å²) in [5, 5.41) is 0. The molecule has 104 valence electrons. The highest BCUT2D eigenvalue weighted by Crippen LogP contribution is 2.49. The van der Waals surface area contributed by atoms with Crippen molar-refractivity contribution in [2.75, 3.05) is 0 Å². The van der Waals surface area contributed by atoms with Gasteiger partial charge in [0.25, 0.3) is 0.0813 Å². The number of aryl methyl sites for hydroxylation is 1. The van der Waals surface area contributed by atoms with Crippen LogP contribution in [0, 0.1) is 0 Å². The summed E-state index contributed by atoms with van der Waals surface area (Å²) in [4.78, 5) is 0. The predicted molar refractivity (Wildman–Crippen MR) is 153 cm³/mol. The van der Waals surface area contributed by atoms with Crippen LogP contribution in [0.1, 0.15) is 12.5 Å². The van der Waals surface area contributed by atoms with Gasteiger partial charge in [0.05, 0.1) is 0 Å². The molecule has 0 saturated carbocycles. The normalized spacial score (nSPS) is 12.1. The fraction of sp³-hybridized carbons (Fsp3) is 0.250. The maximum absolute atomic E-state index is 2.78. The smallest absolute Gasteiger partial charge is 0.111 e. The van der Waals surface area contributed by atoms with E-state index in [-0.39, 0.29) is 0 Å². The van der Waals surface area contributed by atoms with E-state index in [1.807, 2.05) is 6.07 Å². The van der Waals surface area contributed by atoms with E-state index in [1.165, 1.54) is 5.56 Å². The molecule has 0 aromatic heterocycles. The minimum atomic E-state index is -0.879. The largest absolute Gasteiger partial charge is 0.263 e. The maximum atomic E-state index is 2.78. The third-order valence-corrected chi connectivity index (χ3v) is 204. The molecule has 0 N–H and O–H groups in total. The molecule has 1 aromatic carbocycles. The van der Waals surface area contributed by atoms with E-state index in [0.29, 0.717) is 0 Å². The molecular formula is C8H11I7Si3. The standard InChI is InChI=1S/C8H10.HI7Si3/c1-2-8-6-4-3-5-7-8;1-8(2)10(6,7)9(3,4)5/h3-7H,2H2,1H3;8H. The van der Waals surface area contributed by atoms with Crippen LogP contribution < -0.4 is 0 Å². The summed E-state index contributed by atoms with van der Waals surface area (Å²) in [6, 6.07) is 10.5. The van der Waals surface area contributed by atoms with Gasteiger partial charge in [-0.1, -0.05) is 103 Å². The highest BCUT2D eigenvalue weighted by atomic mass is 127. The first-order valence-electron chi connectivity index (χ1n) is 4.89. The highest BCUT2D eigenvalue weighted by molar-refractivity contribution is 14.4. The zero-order valence-electron chi connectivity index (χ0n) is 9.32. The van der Waals surface area contributed by atoms with Gasteiger partial charge in [0, 0.05) is 0 Å². The Balaban J connectivity index is 0.000000327. The Labute approximate surface area is 202 Å². The topological polar surface area (TPSA) is 0 Å². The Kier molecular flexibility index (Phi) is 14.7. The average Bonchev–Trinajstić information content (AvgIpc) is 2.29. The first-order valence-corrected chi connectivity index (χ1v) is 35.6. The van der Waals surface area contributed by atoms with E-state index in [0.717, 1.165) is 6.42 Å². The van der Waals surface area contributed by atoms with Crippen molar-refractivity contribution in [2.24, 2.45) is 0 Å². The summed E-state index contributed by atoms with van der Waals surface area (Å²) in [5.74, 6) is 0. The second-order valence-corrected chi connectivity index (χ2v) is 110. The van der Waals surface area contributed by atoms with Gasteiger partial charge in [0.1, 0.15) is 0 Å². The molecule has 0 amide bonds. The van der Waals surface area contributed by atoms with E-state index in [4.69, 9.17) is 0 Å². The molecule has 0 radical (unpaired) electrons. The number of rotatable bonds is 3. The van der Waals surface area contributed by atoms with Crippen LogP contribution >= 0.6 is 153 Å². The molecule has 0 unspecified atom stereocenters. The van der Waals surface area contributed by atoms with Crippen molar-refractivity contribution >= 4 is 158 Å². The van der Waals surface area contributed by atoms with Crippen LogP contribution in [0.2, 0.25) is 0 Å². The van der Waals surface area contributed by atoms with Gasteiger partial charge in [-0.05, 0) is 12.0 Å².